The average molecular weight is 477 g/mol. The van der Waals surface area contributed by atoms with Crippen molar-refractivity contribution in [2.45, 2.75) is 26.3 Å². The Bertz CT molecular complexity index is 1100. The molecule has 2 heterocycles. The second kappa shape index (κ2) is 9.29. The third kappa shape index (κ3) is 4.58. The monoisotopic (exact) mass is 476 g/mol. The van der Waals surface area contributed by atoms with Crippen LogP contribution >= 0.6 is 11.6 Å². The van der Waals surface area contributed by atoms with Crippen LogP contribution in [0.5, 0.6) is 0 Å². The maximum Gasteiger partial charge on any atom is 0.304 e. The zero-order valence-electron chi connectivity index (χ0n) is 18.5. The van der Waals surface area contributed by atoms with E-state index < -0.39 is 10.2 Å². The van der Waals surface area contributed by atoms with Crippen LogP contribution in [-0.4, -0.2) is 63.3 Å². The van der Waals surface area contributed by atoms with Crippen molar-refractivity contribution in [3.05, 3.63) is 58.6 Å². The first-order valence-corrected chi connectivity index (χ1v) is 12.7. The predicted octanol–water partition coefficient (Wildman–Crippen LogP) is 3.14. The van der Waals surface area contributed by atoms with E-state index in [4.69, 9.17) is 11.6 Å². The molecule has 0 atom stereocenters. The second-order valence-electron chi connectivity index (χ2n) is 8.34. The number of rotatable bonds is 5. The van der Waals surface area contributed by atoms with Gasteiger partial charge in [0.1, 0.15) is 0 Å². The van der Waals surface area contributed by atoms with E-state index in [0.717, 1.165) is 48.4 Å². The van der Waals surface area contributed by atoms with Crippen molar-refractivity contribution >= 4 is 39.1 Å². The Morgan fingerprint density at radius 2 is 1.78 bits per heavy atom. The van der Waals surface area contributed by atoms with Crippen molar-refractivity contribution in [1.82, 2.24) is 9.21 Å². The van der Waals surface area contributed by atoms with Gasteiger partial charge in [0.25, 0.3) is 0 Å². The lowest BCUT2D eigenvalue weighted by atomic mass is 10.0. The van der Waals surface area contributed by atoms with Crippen LogP contribution in [0.25, 0.3) is 0 Å². The first kappa shape index (κ1) is 22.9. The molecule has 1 amide bonds. The molecule has 0 bridgehead atoms. The number of piperazine rings is 1. The summed E-state index contributed by atoms with van der Waals surface area (Å²) in [4.78, 5) is 15.7. The van der Waals surface area contributed by atoms with E-state index in [9.17, 15) is 13.2 Å². The van der Waals surface area contributed by atoms with E-state index in [-0.39, 0.29) is 12.5 Å². The van der Waals surface area contributed by atoms with Crippen LogP contribution in [0.4, 0.5) is 11.4 Å². The number of halogens is 1. The Kier molecular flexibility index (Phi) is 6.65. The highest BCUT2D eigenvalue weighted by Crippen LogP contribution is 2.34. The zero-order chi connectivity index (χ0) is 22.9. The van der Waals surface area contributed by atoms with Crippen LogP contribution in [-0.2, 0) is 28.0 Å². The van der Waals surface area contributed by atoms with Gasteiger partial charge in [-0.25, -0.2) is 0 Å². The number of nitrogens with zero attached hydrogens (tertiary/aromatic N) is 4. The van der Waals surface area contributed by atoms with Crippen LogP contribution < -0.4 is 9.21 Å². The highest BCUT2D eigenvalue weighted by atomic mass is 35.5. The van der Waals surface area contributed by atoms with E-state index >= 15 is 0 Å². The highest BCUT2D eigenvalue weighted by Gasteiger charge is 2.32. The van der Waals surface area contributed by atoms with Crippen LogP contribution in [0, 0.1) is 0 Å². The Morgan fingerprint density at radius 1 is 1.06 bits per heavy atom. The standard InChI is InChI=1S/C23H29ClN4O3S/c1-18(29)26-12-14-27(15-13-26)21-9-10-23-19(16-21)7-5-11-28(23)32(30,31)25(2)17-20-6-3-4-8-22(20)24/h3-4,6,8-10,16H,5,7,11-15,17H2,1-2H3. The molecule has 1 fully saturated rings. The highest BCUT2D eigenvalue weighted by molar-refractivity contribution is 7.90. The number of hydrogen-bond donors (Lipinski definition) is 0. The van der Waals surface area contributed by atoms with Crippen molar-refractivity contribution in [2.24, 2.45) is 0 Å². The minimum atomic E-state index is -3.69. The summed E-state index contributed by atoms with van der Waals surface area (Å²) in [7, 11) is -2.10. The number of hydrogen-bond acceptors (Lipinski definition) is 4. The summed E-state index contributed by atoms with van der Waals surface area (Å²) < 4.78 is 29.7. The topological polar surface area (TPSA) is 64.2 Å². The molecule has 172 valence electrons. The lowest BCUT2D eigenvalue weighted by molar-refractivity contribution is -0.129. The molecule has 2 aliphatic heterocycles. The van der Waals surface area contributed by atoms with Gasteiger partial charge in [-0.05, 0) is 48.2 Å². The molecule has 0 N–H and O–H groups in total. The number of carbonyl (C=O) groups excluding carboxylic acids is 1. The third-order valence-corrected chi connectivity index (χ3v) is 8.47. The molecule has 2 aliphatic rings. The van der Waals surface area contributed by atoms with Gasteiger partial charge >= 0.3 is 10.2 Å². The summed E-state index contributed by atoms with van der Waals surface area (Å²) in [6, 6.07) is 13.3. The lowest BCUT2D eigenvalue weighted by Crippen LogP contribution is -2.48. The van der Waals surface area contributed by atoms with Crippen molar-refractivity contribution < 1.29 is 13.2 Å². The molecule has 1 saturated heterocycles. The Morgan fingerprint density at radius 3 is 2.47 bits per heavy atom. The maximum atomic E-state index is 13.4. The molecule has 9 heteroatoms. The Labute approximate surface area is 195 Å². The normalized spacial score (nSPS) is 16.9. The molecule has 0 spiro atoms. The summed E-state index contributed by atoms with van der Waals surface area (Å²) in [6.45, 7) is 5.25. The molecule has 0 aromatic heterocycles. The average Bonchev–Trinajstić information content (AvgIpc) is 2.79. The number of anilines is 2. The first-order valence-electron chi connectivity index (χ1n) is 10.9. The Balaban J connectivity index is 1.53. The van der Waals surface area contributed by atoms with Crippen LogP contribution in [0.2, 0.25) is 5.02 Å². The Hall–Kier alpha value is -2.29. The minimum absolute atomic E-state index is 0.108. The summed E-state index contributed by atoms with van der Waals surface area (Å²) >= 11 is 6.24. The molecule has 0 saturated carbocycles. The van der Waals surface area contributed by atoms with Gasteiger partial charge in [0.2, 0.25) is 5.91 Å². The molecule has 2 aromatic rings. The van der Waals surface area contributed by atoms with Gasteiger partial charge in [0.05, 0.1) is 5.69 Å². The zero-order valence-corrected chi connectivity index (χ0v) is 20.1. The molecule has 32 heavy (non-hydrogen) atoms. The van der Waals surface area contributed by atoms with E-state index in [0.29, 0.717) is 24.7 Å². The number of amides is 1. The molecule has 0 radical (unpaired) electrons. The second-order valence-corrected chi connectivity index (χ2v) is 10.7. The van der Waals surface area contributed by atoms with Crippen molar-refractivity contribution in [1.29, 1.82) is 0 Å². The minimum Gasteiger partial charge on any atom is -0.368 e. The van der Waals surface area contributed by atoms with Crippen LogP contribution in [0.15, 0.2) is 42.5 Å². The van der Waals surface area contributed by atoms with E-state index in [1.165, 1.54) is 8.61 Å². The first-order chi connectivity index (χ1) is 15.3. The maximum absolute atomic E-state index is 13.4. The summed E-state index contributed by atoms with van der Waals surface area (Å²) in [5, 5.41) is 0.558. The number of carbonyl (C=O) groups is 1. The van der Waals surface area contributed by atoms with E-state index in [2.05, 4.69) is 11.0 Å². The summed E-state index contributed by atoms with van der Waals surface area (Å²) in [5.74, 6) is 0.108. The quantitative estimate of drug-likeness (QED) is 0.665. The van der Waals surface area contributed by atoms with Crippen molar-refractivity contribution in [2.75, 3.05) is 49.0 Å². The van der Waals surface area contributed by atoms with Gasteiger partial charge in [-0.2, -0.15) is 12.7 Å². The van der Waals surface area contributed by atoms with Crippen molar-refractivity contribution in [3.8, 4) is 0 Å². The summed E-state index contributed by atoms with van der Waals surface area (Å²) in [5.41, 5.74) is 3.64. The largest absolute Gasteiger partial charge is 0.368 e. The van der Waals surface area contributed by atoms with Gasteiger partial charge in [0.15, 0.2) is 0 Å². The molecule has 0 aliphatic carbocycles. The molecule has 4 rings (SSSR count). The predicted molar refractivity (Wildman–Crippen MR) is 128 cm³/mol. The van der Waals surface area contributed by atoms with Crippen LogP contribution in [0.1, 0.15) is 24.5 Å². The fourth-order valence-corrected chi connectivity index (χ4v) is 6.00. The third-order valence-electron chi connectivity index (χ3n) is 6.25. The van der Waals surface area contributed by atoms with Gasteiger partial charge in [-0.15, -0.1) is 0 Å². The molecule has 7 nitrogen and oxygen atoms in total. The number of benzene rings is 2. The van der Waals surface area contributed by atoms with E-state index in [1.54, 1.807) is 20.0 Å². The number of fused-ring (bicyclic) bond motifs is 1. The van der Waals surface area contributed by atoms with Gasteiger partial charge < -0.3 is 9.80 Å². The van der Waals surface area contributed by atoms with Gasteiger partial charge in [0, 0.05) is 63.9 Å². The van der Waals surface area contributed by atoms with Gasteiger partial charge in [-0.3, -0.25) is 9.10 Å². The molecule has 2 aromatic carbocycles. The van der Waals surface area contributed by atoms with Gasteiger partial charge in [-0.1, -0.05) is 29.8 Å². The molecule has 0 unspecified atom stereocenters. The smallest absolute Gasteiger partial charge is 0.304 e. The molecular formula is C23H29ClN4O3S. The number of aryl methyl sites for hydroxylation is 1. The fraction of sp³-hybridized carbons (Fsp3) is 0.435. The summed E-state index contributed by atoms with van der Waals surface area (Å²) in [6.07, 6.45) is 1.62. The van der Waals surface area contributed by atoms with E-state index in [1.807, 2.05) is 35.2 Å². The van der Waals surface area contributed by atoms with Crippen molar-refractivity contribution in [3.63, 3.8) is 0 Å². The van der Waals surface area contributed by atoms with Crippen LogP contribution in [0.3, 0.4) is 0 Å². The lowest BCUT2D eigenvalue weighted by Gasteiger charge is -2.37. The fourth-order valence-electron chi connectivity index (χ4n) is 4.38. The molecular weight excluding hydrogens is 448 g/mol. The SMILES string of the molecule is CC(=O)N1CCN(c2ccc3c(c2)CCCN3S(=O)(=O)N(C)Cc2ccccc2Cl)CC1.